The Bertz CT molecular complexity index is 1380. The molecule has 1 aliphatic carbocycles. The third-order valence-corrected chi connectivity index (χ3v) is 8.19. The molecule has 3 heterocycles. The van der Waals surface area contributed by atoms with Crippen molar-refractivity contribution in [1.82, 2.24) is 4.90 Å². The summed E-state index contributed by atoms with van der Waals surface area (Å²) in [6.07, 6.45) is 2.17. The quantitative estimate of drug-likeness (QED) is 0.371. The fourth-order valence-corrected chi connectivity index (χ4v) is 6.01. The molecule has 1 saturated carbocycles. The lowest BCUT2D eigenvalue weighted by molar-refractivity contribution is -0.147. The highest BCUT2D eigenvalue weighted by atomic mass is 32.1. The molecule has 1 N–H and O–H groups in total. The van der Waals surface area contributed by atoms with E-state index in [0.29, 0.717) is 25.2 Å². The lowest BCUT2D eigenvalue weighted by atomic mass is 9.92. The van der Waals surface area contributed by atoms with Crippen molar-refractivity contribution in [2.45, 2.75) is 31.7 Å². The zero-order valence-electron chi connectivity index (χ0n) is 18.3. The molecule has 1 aliphatic heterocycles. The smallest absolute Gasteiger partial charge is 0.309 e. The van der Waals surface area contributed by atoms with E-state index in [-0.39, 0.29) is 17.2 Å². The lowest BCUT2D eigenvalue weighted by Gasteiger charge is -2.36. The number of aryl methyl sites for hydroxylation is 1. The van der Waals surface area contributed by atoms with Gasteiger partial charge in [-0.25, -0.2) is 4.39 Å². The predicted molar refractivity (Wildman–Crippen MR) is 127 cm³/mol. The van der Waals surface area contributed by atoms with E-state index in [1.54, 1.807) is 17.4 Å². The molecule has 0 radical (unpaired) electrons. The Morgan fingerprint density at radius 3 is 2.64 bits per heavy atom. The van der Waals surface area contributed by atoms with Crippen LogP contribution in [0, 0.1) is 18.7 Å². The summed E-state index contributed by atoms with van der Waals surface area (Å²) in [6.45, 7) is 3.60. The first-order valence-corrected chi connectivity index (χ1v) is 12.1. The van der Waals surface area contributed by atoms with E-state index < -0.39 is 5.97 Å². The average Bonchev–Trinajstić information content (AvgIpc) is 3.26. The van der Waals surface area contributed by atoms with E-state index in [1.807, 2.05) is 30.0 Å². The summed E-state index contributed by atoms with van der Waals surface area (Å²) >= 11 is 1.60. The molecule has 0 amide bonds. The highest BCUT2D eigenvalue weighted by Crippen LogP contribution is 2.54. The maximum atomic E-state index is 15.0. The number of aliphatic carboxylic acids is 1. The van der Waals surface area contributed by atoms with Gasteiger partial charge in [0.15, 0.2) is 0 Å². The van der Waals surface area contributed by atoms with Crippen LogP contribution < -0.4 is 0 Å². The van der Waals surface area contributed by atoms with Crippen LogP contribution in [0.15, 0.2) is 59.0 Å². The van der Waals surface area contributed by atoms with Gasteiger partial charge < -0.3 is 9.52 Å². The fraction of sp³-hybridized carbons (Fsp3) is 0.296. The number of hydrogen-bond donors (Lipinski definition) is 1. The number of carboxylic acids is 1. The average molecular weight is 462 g/mol. The summed E-state index contributed by atoms with van der Waals surface area (Å²) in [6, 6.07) is 18.1. The third-order valence-electron chi connectivity index (χ3n) is 7.04. The molecule has 2 aromatic carbocycles. The number of hydrogen-bond acceptors (Lipinski definition) is 4. The predicted octanol–water partition coefficient (Wildman–Crippen LogP) is 6.21. The summed E-state index contributed by atoms with van der Waals surface area (Å²) < 4.78 is 22.1. The minimum Gasteiger partial charge on any atom is -0.481 e. The Morgan fingerprint density at radius 1 is 1.15 bits per heavy atom. The fourth-order valence-electron chi connectivity index (χ4n) is 4.94. The first kappa shape index (κ1) is 20.6. The van der Waals surface area contributed by atoms with Gasteiger partial charge in [0.1, 0.15) is 17.3 Å². The molecule has 0 spiro atoms. The molecule has 4 aromatic rings. The number of fused-ring (bicyclic) bond motifs is 1. The first-order valence-electron chi connectivity index (χ1n) is 11.3. The second-order valence-corrected chi connectivity index (χ2v) is 10.5. The van der Waals surface area contributed by atoms with Crippen molar-refractivity contribution in [3.63, 3.8) is 0 Å². The van der Waals surface area contributed by atoms with E-state index in [9.17, 15) is 4.79 Å². The lowest BCUT2D eigenvalue weighted by Crippen LogP contribution is -2.49. The summed E-state index contributed by atoms with van der Waals surface area (Å²) in [5, 5.41) is 10.1. The number of carbonyl (C=O) groups is 1. The van der Waals surface area contributed by atoms with Gasteiger partial charge in [-0.15, -0.1) is 11.3 Å². The number of rotatable bonds is 6. The van der Waals surface area contributed by atoms with Crippen molar-refractivity contribution in [2.75, 3.05) is 13.1 Å². The zero-order valence-corrected chi connectivity index (χ0v) is 19.1. The summed E-state index contributed by atoms with van der Waals surface area (Å²) in [7, 11) is 0. The maximum Gasteiger partial charge on any atom is 0.309 e. The van der Waals surface area contributed by atoms with Crippen LogP contribution in [0.4, 0.5) is 4.39 Å². The first-order chi connectivity index (χ1) is 15.9. The molecule has 0 bridgehead atoms. The van der Waals surface area contributed by atoms with Crippen molar-refractivity contribution in [3.05, 3.63) is 83.1 Å². The molecule has 1 saturated heterocycles. The highest BCUT2D eigenvalue weighted by molar-refractivity contribution is 7.22. The maximum absolute atomic E-state index is 15.0. The third kappa shape index (κ3) is 3.58. The van der Waals surface area contributed by atoms with Crippen molar-refractivity contribution >= 4 is 27.4 Å². The Morgan fingerprint density at radius 2 is 1.97 bits per heavy atom. The van der Waals surface area contributed by atoms with Crippen molar-refractivity contribution in [2.24, 2.45) is 5.92 Å². The second kappa shape index (κ2) is 7.54. The SMILES string of the molecule is Cc1ccc(C2(c3ccc4sc(-c5ccc(CN6CC(C(=O)O)C6)cc5F)cc4c3)CC2)o1. The Labute approximate surface area is 195 Å². The van der Waals surface area contributed by atoms with Crippen LogP contribution in [-0.2, 0) is 16.8 Å². The normalized spacial score (nSPS) is 17.9. The molecule has 6 heteroatoms. The van der Waals surface area contributed by atoms with E-state index in [1.165, 1.54) is 5.56 Å². The van der Waals surface area contributed by atoms with Crippen LogP contribution in [0.25, 0.3) is 20.5 Å². The number of carboxylic acid groups (broad SMARTS) is 1. The Balaban J connectivity index is 1.25. The van der Waals surface area contributed by atoms with Gasteiger partial charge in [0.2, 0.25) is 0 Å². The molecule has 6 rings (SSSR count). The van der Waals surface area contributed by atoms with Gasteiger partial charge in [0.05, 0.1) is 11.3 Å². The molecule has 2 fully saturated rings. The van der Waals surface area contributed by atoms with Crippen molar-refractivity contribution in [1.29, 1.82) is 0 Å². The van der Waals surface area contributed by atoms with Gasteiger partial charge in [-0.3, -0.25) is 9.69 Å². The van der Waals surface area contributed by atoms with Crippen LogP contribution in [0.1, 0.15) is 35.5 Å². The van der Waals surface area contributed by atoms with Gasteiger partial charge in [0, 0.05) is 34.8 Å². The molecule has 168 valence electrons. The number of furan rings is 1. The molecule has 0 unspecified atom stereocenters. The van der Waals surface area contributed by atoms with Gasteiger partial charge in [-0.1, -0.05) is 18.2 Å². The van der Waals surface area contributed by atoms with E-state index in [2.05, 4.69) is 30.3 Å². The largest absolute Gasteiger partial charge is 0.481 e. The number of thiophene rings is 1. The van der Waals surface area contributed by atoms with Crippen LogP contribution in [-0.4, -0.2) is 29.1 Å². The molecule has 4 nitrogen and oxygen atoms in total. The van der Waals surface area contributed by atoms with Crippen LogP contribution in [0.3, 0.4) is 0 Å². The van der Waals surface area contributed by atoms with Crippen LogP contribution in [0.2, 0.25) is 0 Å². The van der Waals surface area contributed by atoms with E-state index in [0.717, 1.165) is 44.9 Å². The topological polar surface area (TPSA) is 53.7 Å². The monoisotopic (exact) mass is 461 g/mol. The number of benzene rings is 2. The minimum atomic E-state index is -0.757. The molecule has 2 aliphatic rings. The minimum absolute atomic E-state index is 0.0199. The van der Waals surface area contributed by atoms with Gasteiger partial charge >= 0.3 is 5.97 Å². The highest BCUT2D eigenvalue weighted by Gasteiger charge is 2.48. The summed E-state index contributed by atoms with van der Waals surface area (Å²) in [5.41, 5.74) is 2.72. The number of halogens is 1. The van der Waals surface area contributed by atoms with E-state index >= 15 is 4.39 Å². The molecule has 33 heavy (non-hydrogen) atoms. The molecular weight excluding hydrogens is 437 g/mol. The summed E-state index contributed by atoms with van der Waals surface area (Å²) in [5.74, 6) is 0.675. The van der Waals surface area contributed by atoms with Gasteiger partial charge in [-0.05, 0) is 72.7 Å². The number of nitrogens with zero attached hydrogens (tertiary/aromatic N) is 1. The zero-order chi connectivity index (χ0) is 22.7. The van der Waals surface area contributed by atoms with Crippen LogP contribution in [0.5, 0.6) is 0 Å². The molecule has 0 atom stereocenters. The van der Waals surface area contributed by atoms with Crippen molar-refractivity contribution < 1.29 is 18.7 Å². The summed E-state index contributed by atoms with van der Waals surface area (Å²) in [4.78, 5) is 13.9. The second-order valence-electron chi connectivity index (χ2n) is 9.40. The molecular formula is C27H24FNO3S. The van der Waals surface area contributed by atoms with Gasteiger partial charge in [0.25, 0.3) is 0 Å². The van der Waals surface area contributed by atoms with E-state index in [4.69, 9.17) is 9.52 Å². The van der Waals surface area contributed by atoms with Crippen molar-refractivity contribution in [3.8, 4) is 10.4 Å². The van der Waals surface area contributed by atoms with Crippen LogP contribution >= 0.6 is 11.3 Å². The Kier molecular flexibility index (Phi) is 4.71. The Hall–Kier alpha value is -2.96. The standard InChI is InChI=1S/C27H24FNO3S/c1-16-2-7-25(32-16)27(8-9-27)20-4-6-23-18(11-20)12-24(33-23)21-5-3-17(10-22(21)28)13-29-14-19(15-29)26(30)31/h2-7,10-12,19H,8-9,13-15H2,1H3,(H,30,31). The number of likely N-dealkylation sites (tertiary alicyclic amines) is 1. The van der Waals surface area contributed by atoms with Gasteiger partial charge in [-0.2, -0.15) is 0 Å². The molecule has 2 aromatic heterocycles.